The van der Waals surface area contributed by atoms with E-state index in [-0.39, 0.29) is 41.6 Å². The van der Waals surface area contributed by atoms with Crippen LogP contribution in [0.25, 0.3) is 0 Å². The largest absolute Gasteiger partial charge is 0.351 e. The van der Waals surface area contributed by atoms with Gasteiger partial charge in [0.1, 0.15) is 11.9 Å². The molecule has 1 saturated carbocycles. The molecule has 4 nitrogen and oxygen atoms in total. The van der Waals surface area contributed by atoms with Crippen LogP contribution in [0.1, 0.15) is 44.6 Å². The van der Waals surface area contributed by atoms with Gasteiger partial charge in [0, 0.05) is 24.9 Å². The Labute approximate surface area is 136 Å². The van der Waals surface area contributed by atoms with E-state index in [2.05, 4.69) is 5.32 Å². The second-order valence-corrected chi connectivity index (χ2v) is 6.89. The zero-order valence-electron chi connectivity index (χ0n) is 13.6. The van der Waals surface area contributed by atoms with Crippen molar-refractivity contribution in [3.05, 3.63) is 35.6 Å². The van der Waals surface area contributed by atoms with Crippen molar-refractivity contribution in [1.29, 1.82) is 0 Å². The van der Waals surface area contributed by atoms with Crippen molar-refractivity contribution < 1.29 is 14.0 Å². The second kappa shape index (κ2) is 6.30. The average Bonchev–Trinajstić information content (AvgIpc) is 3.13. The summed E-state index contributed by atoms with van der Waals surface area (Å²) in [4.78, 5) is 26.3. The van der Waals surface area contributed by atoms with E-state index in [0.29, 0.717) is 13.0 Å². The van der Waals surface area contributed by atoms with Gasteiger partial charge >= 0.3 is 0 Å². The quantitative estimate of drug-likeness (QED) is 0.906. The van der Waals surface area contributed by atoms with E-state index in [4.69, 9.17) is 0 Å². The summed E-state index contributed by atoms with van der Waals surface area (Å²) >= 11 is 0. The zero-order valence-corrected chi connectivity index (χ0v) is 13.6. The molecule has 1 saturated heterocycles. The van der Waals surface area contributed by atoms with Crippen molar-refractivity contribution in [2.45, 2.75) is 51.1 Å². The molecule has 0 unspecified atom stereocenters. The molecule has 3 rings (SSSR count). The number of benzene rings is 1. The van der Waals surface area contributed by atoms with Gasteiger partial charge in [-0.25, -0.2) is 4.39 Å². The van der Waals surface area contributed by atoms with E-state index in [9.17, 15) is 14.0 Å². The fraction of sp³-hybridized carbons (Fsp3) is 0.556. The lowest BCUT2D eigenvalue weighted by molar-refractivity contribution is -0.139. The van der Waals surface area contributed by atoms with E-state index in [0.717, 1.165) is 18.4 Å². The van der Waals surface area contributed by atoms with Crippen LogP contribution in [0, 0.1) is 11.7 Å². The molecule has 2 amide bonds. The Morgan fingerprint density at radius 1 is 1.30 bits per heavy atom. The van der Waals surface area contributed by atoms with Gasteiger partial charge in [-0.05, 0) is 36.5 Å². The molecule has 0 bridgehead atoms. The van der Waals surface area contributed by atoms with Crippen LogP contribution < -0.4 is 5.32 Å². The number of nitrogens with zero attached hydrogens (tertiary/aromatic N) is 1. The maximum absolute atomic E-state index is 13.0. The minimum atomic E-state index is -0.389. The van der Waals surface area contributed by atoms with E-state index >= 15 is 0 Å². The molecule has 124 valence electrons. The summed E-state index contributed by atoms with van der Waals surface area (Å²) < 4.78 is 13.0. The van der Waals surface area contributed by atoms with Gasteiger partial charge in [0.05, 0.1) is 0 Å². The highest BCUT2D eigenvalue weighted by molar-refractivity contribution is 5.89. The Morgan fingerprint density at radius 2 is 2.00 bits per heavy atom. The molecule has 1 aromatic rings. The lowest BCUT2D eigenvalue weighted by Crippen LogP contribution is -2.51. The van der Waals surface area contributed by atoms with Crippen molar-refractivity contribution >= 4 is 11.8 Å². The number of carbonyl (C=O) groups is 2. The predicted octanol–water partition coefficient (Wildman–Crippen LogP) is 2.44. The third-order valence-corrected chi connectivity index (χ3v) is 4.76. The molecule has 5 heteroatoms. The highest BCUT2D eigenvalue weighted by Gasteiger charge is 2.42. The molecule has 23 heavy (non-hydrogen) atoms. The lowest BCUT2D eigenvalue weighted by Gasteiger charge is -2.30. The molecule has 0 radical (unpaired) electrons. The molecule has 0 spiro atoms. The van der Waals surface area contributed by atoms with Gasteiger partial charge < -0.3 is 10.2 Å². The number of hydrogen-bond donors (Lipinski definition) is 1. The highest BCUT2D eigenvalue weighted by atomic mass is 19.1. The smallest absolute Gasteiger partial charge is 0.243 e. The van der Waals surface area contributed by atoms with Gasteiger partial charge in [-0.1, -0.05) is 26.0 Å². The first kappa shape index (κ1) is 16.0. The molecule has 1 aromatic carbocycles. The molecule has 1 heterocycles. The van der Waals surface area contributed by atoms with Crippen molar-refractivity contribution in [1.82, 2.24) is 10.2 Å². The summed E-state index contributed by atoms with van der Waals surface area (Å²) in [6, 6.07) is 6.15. The van der Waals surface area contributed by atoms with Crippen LogP contribution in [0.2, 0.25) is 0 Å². The summed E-state index contributed by atoms with van der Waals surface area (Å²) in [5.41, 5.74) is 1.05. The van der Waals surface area contributed by atoms with Crippen LogP contribution in [-0.4, -0.2) is 35.3 Å². The van der Waals surface area contributed by atoms with E-state index in [1.165, 1.54) is 12.1 Å². The number of likely N-dealkylation sites (tertiary alicyclic amines) is 1. The maximum atomic E-state index is 13.0. The van der Waals surface area contributed by atoms with Gasteiger partial charge in [-0.15, -0.1) is 0 Å². The number of rotatable bonds is 5. The van der Waals surface area contributed by atoms with Crippen molar-refractivity contribution in [3.8, 4) is 0 Å². The Bertz CT molecular complexity index is 600. The van der Waals surface area contributed by atoms with Crippen LogP contribution >= 0.6 is 0 Å². The minimum absolute atomic E-state index is 0.0649. The normalized spacial score (nSPS) is 24.9. The topological polar surface area (TPSA) is 49.4 Å². The number of nitrogens with one attached hydrogen (secondary N) is 1. The Kier molecular flexibility index (Phi) is 4.37. The van der Waals surface area contributed by atoms with Gasteiger partial charge in [-0.3, -0.25) is 9.59 Å². The zero-order chi connectivity index (χ0) is 16.6. The number of amides is 2. The SMILES string of the molecule is CC(C)[C@H](C(=O)N[C@@H]1C[C@@H]1c1ccc(F)cc1)N1CCCC1=O. The molecule has 2 aliphatic rings. The van der Waals surface area contributed by atoms with Gasteiger partial charge in [0.25, 0.3) is 0 Å². The standard InChI is InChI=1S/C18H23FN2O2/c1-11(2)17(21-9-3-4-16(21)22)18(23)20-15-10-14(15)12-5-7-13(19)8-6-12/h5-8,11,14-15,17H,3-4,9-10H2,1-2H3,(H,20,23)/t14-,15-,17-/m1/s1. The first-order valence-corrected chi connectivity index (χ1v) is 8.32. The first-order chi connectivity index (χ1) is 11.0. The van der Waals surface area contributed by atoms with Gasteiger partial charge in [0.15, 0.2) is 0 Å². The molecular weight excluding hydrogens is 295 g/mol. The van der Waals surface area contributed by atoms with Crippen LogP contribution in [0.4, 0.5) is 4.39 Å². The van der Waals surface area contributed by atoms with E-state index in [1.807, 2.05) is 13.8 Å². The molecule has 1 aliphatic heterocycles. The van der Waals surface area contributed by atoms with E-state index in [1.54, 1.807) is 17.0 Å². The Morgan fingerprint density at radius 3 is 2.57 bits per heavy atom. The van der Waals surface area contributed by atoms with E-state index < -0.39 is 0 Å². The Balaban J connectivity index is 1.62. The lowest BCUT2D eigenvalue weighted by atomic mass is 10.0. The summed E-state index contributed by atoms with van der Waals surface area (Å²) in [5.74, 6) is 0.0960. The molecule has 1 aliphatic carbocycles. The highest BCUT2D eigenvalue weighted by Crippen LogP contribution is 2.41. The van der Waals surface area contributed by atoms with Gasteiger partial charge in [0.2, 0.25) is 11.8 Å². The Hall–Kier alpha value is -1.91. The second-order valence-electron chi connectivity index (χ2n) is 6.89. The number of carbonyl (C=O) groups excluding carboxylic acids is 2. The maximum Gasteiger partial charge on any atom is 0.243 e. The van der Waals surface area contributed by atoms with Crippen LogP contribution in [0.3, 0.4) is 0 Å². The van der Waals surface area contributed by atoms with Crippen molar-refractivity contribution in [2.24, 2.45) is 5.92 Å². The molecule has 1 N–H and O–H groups in total. The minimum Gasteiger partial charge on any atom is -0.351 e. The van der Waals surface area contributed by atoms with Crippen LogP contribution in [0.15, 0.2) is 24.3 Å². The number of hydrogen-bond acceptors (Lipinski definition) is 2. The van der Waals surface area contributed by atoms with Crippen LogP contribution in [-0.2, 0) is 9.59 Å². The van der Waals surface area contributed by atoms with Gasteiger partial charge in [-0.2, -0.15) is 0 Å². The van der Waals surface area contributed by atoms with Crippen molar-refractivity contribution in [3.63, 3.8) is 0 Å². The third-order valence-electron chi connectivity index (χ3n) is 4.76. The summed E-state index contributed by atoms with van der Waals surface area (Å²) in [5, 5.41) is 3.07. The summed E-state index contributed by atoms with van der Waals surface area (Å²) in [6.45, 7) is 4.61. The number of halogens is 1. The first-order valence-electron chi connectivity index (χ1n) is 8.32. The average molecular weight is 318 g/mol. The third kappa shape index (κ3) is 3.38. The van der Waals surface area contributed by atoms with Crippen LogP contribution in [0.5, 0.6) is 0 Å². The van der Waals surface area contributed by atoms with Crippen molar-refractivity contribution in [2.75, 3.05) is 6.54 Å². The summed E-state index contributed by atoms with van der Waals surface area (Å²) in [6.07, 6.45) is 2.24. The fourth-order valence-electron chi connectivity index (χ4n) is 3.47. The molecular formula is C18H23FN2O2. The summed E-state index contributed by atoms with van der Waals surface area (Å²) in [7, 11) is 0. The predicted molar refractivity (Wildman–Crippen MR) is 85.3 cm³/mol. The fourth-order valence-corrected chi connectivity index (χ4v) is 3.47. The molecule has 0 aromatic heterocycles. The molecule has 2 fully saturated rings. The monoisotopic (exact) mass is 318 g/mol. The molecule has 3 atom stereocenters.